The number of hydrazine groups is 1. The average Bonchev–Trinajstić information content (AvgIpc) is 3.25. The van der Waals surface area contributed by atoms with Gasteiger partial charge in [-0.15, -0.1) is 0 Å². The second kappa shape index (κ2) is 11.2. The van der Waals surface area contributed by atoms with Crippen molar-refractivity contribution in [3.8, 4) is 5.75 Å². The Bertz CT molecular complexity index is 659. The number of carbonyl (C=O) groups excluding carboxylic acids is 1. The van der Waals surface area contributed by atoms with E-state index >= 15 is 0 Å². The van der Waals surface area contributed by atoms with Crippen LogP contribution in [0.2, 0.25) is 5.02 Å². The molecule has 0 spiro atoms. The number of benzene rings is 1. The van der Waals surface area contributed by atoms with E-state index in [1.165, 1.54) is 24.3 Å². The minimum atomic E-state index is -0.204. The fourth-order valence-corrected chi connectivity index (χ4v) is 4.31. The van der Waals surface area contributed by atoms with E-state index < -0.39 is 0 Å². The number of rotatable bonds is 9. The highest BCUT2D eigenvalue weighted by molar-refractivity contribution is 6.30. The summed E-state index contributed by atoms with van der Waals surface area (Å²) in [5.41, 5.74) is 0.476. The van der Waals surface area contributed by atoms with Gasteiger partial charge in [-0.3, -0.25) is 9.80 Å². The van der Waals surface area contributed by atoms with Crippen molar-refractivity contribution in [1.82, 2.24) is 9.91 Å². The molecule has 2 fully saturated rings. The summed E-state index contributed by atoms with van der Waals surface area (Å²) in [4.78, 5) is 15.5. The first kappa shape index (κ1) is 22.3. The number of carbonyl (C=O) groups is 1. The Labute approximate surface area is 179 Å². The Morgan fingerprint density at radius 2 is 2.14 bits per heavy atom. The standard InChI is InChI=1S/C22H34ClN3O3/c1-2-14-29-21-16-17(23)7-8-20(21)22(27)26(24)18-9-12-25(13-10-18)11-3-5-19-6-4-15-28-19/h7-8,16,18-19H,2-6,9-15,24H2,1H3. The van der Waals surface area contributed by atoms with Gasteiger partial charge in [0.2, 0.25) is 0 Å². The van der Waals surface area contributed by atoms with Crippen molar-refractivity contribution in [3.63, 3.8) is 0 Å². The third-order valence-electron chi connectivity index (χ3n) is 5.85. The molecule has 0 bridgehead atoms. The Kier molecular flexibility index (Phi) is 8.60. The van der Waals surface area contributed by atoms with Gasteiger partial charge >= 0.3 is 0 Å². The molecule has 0 saturated carbocycles. The van der Waals surface area contributed by atoms with Crippen molar-refractivity contribution in [1.29, 1.82) is 0 Å². The zero-order valence-corrected chi connectivity index (χ0v) is 18.2. The van der Waals surface area contributed by atoms with E-state index in [4.69, 9.17) is 26.9 Å². The molecule has 6 nitrogen and oxygen atoms in total. The first-order valence-corrected chi connectivity index (χ1v) is 11.3. The van der Waals surface area contributed by atoms with E-state index in [2.05, 4.69) is 4.90 Å². The molecule has 1 aromatic carbocycles. The van der Waals surface area contributed by atoms with Crippen molar-refractivity contribution in [2.75, 3.05) is 32.8 Å². The molecular formula is C22H34ClN3O3. The summed E-state index contributed by atoms with van der Waals surface area (Å²) in [7, 11) is 0. The summed E-state index contributed by atoms with van der Waals surface area (Å²) in [5.74, 6) is 6.55. The average molecular weight is 424 g/mol. The molecule has 0 aliphatic carbocycles. The molecule has 3 rings (SSSR count). The number of ether oxygens (including phenoxy) is 2. The Morgan fingerprint density at radius 3 is 2.83 bits per heavy atom. The van der Waals surface area contributed by atoms with E-state index in [1.807, 2.05) is 6.92 Å². The molecule has 162 valence electrons. The van der Waals surface area contributed by atoms with Gasteiger partial charge in [0, 0.05) is 24.7 Å². The zero-order chi connectivity index (χ0) is 20.6. The van der Waals surface area contributed by atoms with Gasteiger partial charge in [-0.1, -0.05) is 18.5 Å². The van der Waals surface area contributed by atoms with Crippen LogP contribution in [0.1, 0.15) is 62.2 Å². The van der Waals surface area contributed by atoms with Crippen LogP contribution in [-0.2, 0) is 4.74 Å². The van der Waals surface area contributed by atoms with Crippen LogP contribution in [0.3, 0.4) is 0 Å². The molecule has 2 heterocycles. The molecule has 1 aromatic rings. The summed E-state index contributed by atoms with van der Waals surface area (Å²) in [6.07, 6.45) is 7.84. The fraction of sp³-hybridized carbons (Fsp3) is 0.682. The van der Waals surface area contributed by atoms with E-state index in [9.17, 15) is 4.79 Å². The molecule has 1 amide bonds. The fourth-order valence-electron chi connectivity index (χ4n) is 4.14. The first-order valence-electron chi connectivity index (χ1n) is 10.9. The first-order chi connectivity index (χ1) is 14.1. The lowest BCUT2D eigenvalue weighted by molar-refractivity contribution is 0.0555. The molecule has 2 aliphatic rings. The van der Waals surface area contributed by atoms with Crippen molar-refractivity contribution in [3.05, 3.63) is 28.8 Å². The molecular weight excluding hydrogens is 390 g/mol. The molecule has 1 unspecified atom stereocenters. The topological polar surface area (TPSA) is 68.0 Å². The maximum atomic E-state index is 13.0. The van der Waals surface area contributed by atoms with E-state index in [0.717, 1.165) is 51.9 Å². The van der Waals surface area contributed by atoms with Gasteiger partial charge in [-0.2, -0.15) is 0 Å². The zero-order valence-electron chi connectivity index (χ0n) is 17.4. The number of halogens is 1. The van der Waals surface area contributed by atoms with E-state index in [0.29, 0.717) is 29.0 Å². The second-order valence-electron chi connectivity index (χ2n) is 8.05. The van der Waals surface area contributed by atoms with Gasteiger partial charge < -0.3 is 14.4 Å². The smallest absolute Gasteiger partial charge is 0.271 e. The normalized spacial score (nSPS) is 20.7. The van der Waals surface area contributed by atoms with E-state index in [1.54, 1.807) is 18.2 Å². The molecule has 2 aliphatic heterocycles. The van der Waals surface area contributed by atoms with Crippen molar-refractivity contribution >= 4 is 17.5 Å². The van der Waals surface area contributed by atoms with Crippen LogP contribution in [-0.4, -0.2) is 60.8 Å². The molecule has 0 aromatic heterocycles. The van der Waals surface area contributed by atoms with Crippen LogP contribution >= 0.6 is 11.6 Å². The largest absolute Gasteiger partial charge is 0.493 e. The minimum absolute atomic E-state index is 0.0478. The van der Waals surface area contributed by atoms with Gasteiger partial charge in [0.25, 0.3) is 5.91 Å². The third-order valence-corrected chi connectivity index (χ3v) is 6.08. The highest BCUT2D eigenvalue weighted by Crippen LogP contribution is 2.26. The number of nitrogens with zero attached hydrogens (tertiary/aromatic N) is 2. The number of amides is 1. The molecule has 2 saturated heterocycles. The highest BCUT2D eigenvalue weighted by atomic mass is 35.5. The van der Waals surface area contributed by atoms with Gasteiger partial charge in [0.1, 0.15) is 5.75 Å². The number of piperidine rings is 1. The van der Waals surface area contributed by atoms with Crippen LogP contribution in [0, 0.1) is 0 Å². The molecule has 2 N–H and O–H groups in total. The van der Waals surface area contributed by atoms with Gasteiger partial charge in [0.05, 0.1) is 24.3 Å². The Morgan fingerprint density at radius 1 is 1.34 bits per heavy atom. The number of hydrogen-bond acceptors (Lipinski definition) is 5. The van der Waals surface area contributed by atoms with Crippen LogP contribution in [0.25, 0.3) is 0 Å². The second-order valence-corrected chi connectivity index (χ2v) is 8.49. The van der Waals surface area contributed by atoms with Crippen molar-refractivity contribution < 1.29 is 14.3 Å². The minimum Gasteiger partial charge on any atom is -0.493 e. The summed E-state index contributed by atoms with van der Waals surface area (Å²) in [6, 6.07) is 5.15. The SMILES string of the molecule is CCCOc1cc(Cl)ccc1C(=O)N(N)C1CCN(CCCC2CCCO2)CC1. The Balaban J connectivity index is 1.48. The Hall–Kier alpha value is -1.34. The summed E-state index contributed by atoms with van der Waals surface area (Å²) in [5, 5.41) is 1.94. The lowest BCUT2D eigenvalue weighted by Crippen LogP contribution is -2.51. The predicted octanol–water partition coefficient (Wildman–Crippen LogP) is 3.87. The molecule has 7 heteroatoms. The molecule has 0 radical (unpaired) electrons. The summed E-state index contributed by atoms with van der Waals surface area (Å²) in [6.45, 7) is 6.52. The third kappa shape index (κ3) is 6.32. The van der Waals surface area contributed by atoms with Crippen LogP contribution < -0.4 is 10.6 Å². The van der Waals surface area contributed by atoms with Crippen LogP contribution in [0.4, 0.5) is 0 Å². The highest BCUT2D eigenvalue weighted by Gasteiger charge is 2.28. The lowest BCUT2D eigenvalue weighted by atomic mass is 10.0. The van der Waals surface area contributed by atoms with Crippen molar-refractivity contribution in [2.24, 2.45) is 5.84 Å². The summed E-state index contributed by atoms with van der Waals surface area (Å²) < 4.78 is 11.4. The maximum absolute atomic E-state index is 13.0. The quantitative estimate of drug-likeness (QED) is 0.371. The van der Waals surface area contributed by atoms with E-state index in [-0.39, 0.29) is 11.9 Å². The number of nitrogens with two attached hydrogens (primary N) is 1. The van der Waals surface area contributed by atoms with Gasteiger partial charge in [0.15, 0.2) is 0 Å². The number of likely N-dealkylation sites (tertiary alicyclic amines) is 1. The summed E-state index contributed by atoms with van der Waals surface area (Å²) >= 11 is 6.08. The van der Waals surface area contributed by atoms with Crippen molar-refractivity contribution in [2.45, 2.75) is 64.0 Å². The van der Waals surface area contributed by atoms with Gasteiger partial charge in [-0.25, -0.2) is 5.84 Å². The maximum Gasteiger partial charge on any atom is 0.271 e. The number of hydrogen-bond donors (Lipinski definition) is 1. The van der Waals surface area contributed by atoms with Gasteiger partial charge in [-0.05, 0) is 69.7 Å². The predicted molar refractivity (Wildman–Crippen MR) is 115 cm³/mol. The van der Waals surface area contributed by atoms with Crippen LogP contribution in [0.15, 0.2) is 18.2 Å². The monoisotopic (exact) mass is 423 g/mol. The van der Waals surface area contributed by atoms with Crippen LogP contribution in [0.5, 0.6) is 5.75 Å². The lowest BCUT2D eigenvalue weighted by Gasteiger charge is -2.36. The molecule has 29 heavy (non-hydrogen) atoms. The molecule has 1 atom stereocenters.